The zero-order valence-corrected chi connectivity index (χ0v) is 25.2. The van der Waals surface area contributed by atoms with Crippen LogP contribution < -0.4 is 0 Å². The Bertz CT molecular complexity index is 2430. The summed E-state index contributed by atoms with van der Waals surface area (Å²) in [5, 5.41) is 23.0. The highest BCUT2D eigenvalue weighted by Crippen LogP contribution is 2.57. The van der Waals surface area contributed by atoms with Crippen molar-refractivity contribution in [2.24, 2.45) is 0 Å². The molecule has 0 unspecified atom stereocenters. The third-order valence-corrected chi connectivity index (χ3v) is 8.83. The van der Waals surface area contributed by atoms with Gasteiger partial charge in [-0.15, -0.1) is 0 Å². The molecule has 0 amide bonds. The van der Waals surface area contributed by atoms with E-state index in [1.807, 2.05) is 12.1 Å². The summed E-state index contributed by atoms with van der Waals surface area (Å²) < 4.78 is 0. The monoisotopic (exact) mass is 599 g/mol. The largest absolute Gasteiger partial charge is 0.477 e. The summed E-state index contributed by atoms with van der Waals surface area (Å²) in [6.45, 7) is 0. The third-order valence-electron chi connectivity index (χ3n) is 8.83. The van der Waals surface area contributed by atoms with E-state index >= 15 is 0 Å². The number of fused-ring (bicyclic) bond motifs is 4. The Labute approximate surface area is 272 Å². The molecule has 8 rings (SSSR count). The quantitative estimate of drug-likeness (QED) is 0.124. The molecule has 1 aliphatic carbocycles. The van der Waals surface area contributed by atoms with Gasteiger partial charge < -0.3 is 5.11 Å². The molecule has 0 aromatic heterocycles. The Morgan fingerprint density at radius 1 is 0.553 bits per heavy atom. The molecular weight excluding hydrogens is 574 g/mol. The maximum Gasteiger partial charge on any atom is 0.346 e. The Morgan fingerprint density at radius 2 is 1.11 bits per heavy atom. The van der Waals surface area contributed by atoms with E-state index < -0.39 is 5.97 Å². The molecule has 0 saturated heterocycles. The van der Waals surface area contributed by atoms with E-state index in [4.69, 9.17) is 10.4 Å². The molecule has 218 valence electrons. The summed E-state index contributed by atoms with van der Waals surface area (Å²) in [6, 6.07) is 49.9. The number of rotatable bonds is 4. The number of nitrogens with zero attached hydrogens (tertiary/aromatic N) is 1. The number of nitriles is 1. The van der Waals surface area contributed by atoms with Crippen LogP contribution in [0.25, 0.3) is 72.1 Å². The van der Waals surface area contributed by atoms with Gasteiger partial charge in [-0.05, 0) is 95.9 Å². The molecule has 0 saturated carbocycles. The molecule has 3 heteroatoms. The first-order chi connectivity index (χ1) is 23.1. The maximum atomic E-state index is 11.2. The van der Waals surface area contributed by atoms with Gasteiger partial charge in [-0.25, -0.2) is 4.79 Å². The molecule has 3 nitrogen and oxygen atoms in total. The SMILES string of the molecule is N#C/C(=C/c1ccc(C#Cc2ccc3c4c(cccc24)-c2c-3c(-c3ccccc3)c3ccccc3c2-c2ccccc2)cc1)C(=O)O. The van der Waals surface area contributed by atoms with Crippen LogP contribution >= 0.6 is 0 Å². The van der Waals surface area contributed by atoms with Crippen molar-refractivity contribution in [2.75, 3.05) is 0 Å². The molecule has 0 atom stereocenters. The first-order valence-corrected chi connectivity index (χ1v) is 15.4. The molecule has 0 spiro atoms. The smallest absolute Gasteiger partial charge is 0.346 e. The first-order valence-electron chi connectivity index (χ1n) is 15.4. The predicted molar refractivity (Wildman–Crippen MR) is 190 cm³/mol. The summed E-state index contributed by atoms with van der Waals surface area (Å²) in [4.78, 5) is 11.2. The number of benzene rings is 7. The van der Waals surface area contributed by atoms with Crippen LogP contribution in [0.4, 0.5) is 0 Å². The number of carboxylic acid groups (broad SMARTS) is 1. The van der Waals surface area contributed by atoms with Crippen molar-refractivity contribution >= 4 is 33.6 Å². The van der Waals surface area contributed by atoms with E-state index in [2.05, 4.69) is 127 Å². The molecule has 47 heavy (non-hydrogen) atoms. The minimum absolute atomic E-state index is 0.309. The Hall–Kier alpha value is -6.68. The lowest BCUT2D eigenvalue weighted by Crippen LogP contribution is -1.97. The molecule has 1 N–H and O–H groups in total. The molecule has 0 aliphatic heterocycles. The van der Waals surface area contributed by atoms with Gasteiger partial charge in [0.25, 0.3) is 0 Å². The lowest BCUT2D eigenvalue weighted by Gasteiger charge is -2.20. The van der Waals surface area contributed by atoms with Crippen LogP contribution in [-0.2, 0) is 4.79 Å². The normalized spacial score (nSPS) is 11.5. The average molecular weight is 600 g/mol. The van der Waals surface area contributed by atoms with E-state index in [1.165, 1.54) is 66.7 Å². The second-order valence-corrected chi connectivity index (χ2v) is 11.5. The minimum Gasteiger partial charge on any atom is -0.477 e. The highest BCUT2D eigenvalue weighted by Gasteiger charge is 2.30. The molecule has 1 aliphatic rings. The fourth-order valence-corrected chi connectivity index (χ4v) is 6.83. The fourth-order valence-electron chi connectivity index (χ4n) is 6.83. The summed E-state index contributed by atoms with van der Waals surface area (Å²) in [5.74, 6) is 5.47. The van der Waals surface area contributed by atoms with Crippen LogP contribution in [0.3, 0.4) is 0 Å². The van der Waals surface area contributed by atoms with Gasteiger partial charge in [0.2, 0.25) is 0 Å². The molecule has 0 fully saturated rings. The molecule has 0 heterocycles. The standard InChI is InChI=1S/C44H25NO2/c45-27-33(44(46)47)26-29-20-18-28(19-21-29)22-23-30-24-25-38-41-34(30)16-9-17-37(41)42-39(31-10-3-1-4-11-31)35-14-7-8-15-36(35)40(43(38)42)32-12-5-2-6-13-32/h1-21,24-26H,(H,46,47)/b33-26-. The average Bonchev–Trinajstić information content (AvgIpc) is 3.45. The second-order valence-electron chi connectivity index (χ2n) is 11.5. The van der Waals surface area contributed by atoms with Crippen molar-refractivity contribution in [1.82, 2.24) is 0 Å². The lowest BCUT2D eigenvalue weighted by atomic mass is 9.82. The number of carboxylic acids is 1. The lowest BCUT2D eigenvalue weighted by molar-refractivity contribution is -0.132. The molecule has 0 bridgehead atoms. The van der Waals surface area contributed by atoms with Gasteiger partial charge in [0.1, 0.15) is 11.6 Å². The third kappa shape index (κ3) is 4.67. The zero-order valence-electron chi connectivity index (χ0n) is 25.2. The summed E-state index contributed by atoms with van der Waals surface area (Å²) in [7, 11) is 0. The predicted octanol–water partition coefficient (Wildman–Crippen LogP) is 10.4. The fraction of sp³-hybridized carbons (Fsp3) is 0. The van der Waals surface area contributed by atoms with E-state index in [0.717, 1.165) is 16.5 Å². The van der Waals surface area contributed by atoms with Gasteiger partial charge in [0, 0.05) is 11.1 Å². The van der Waals surface area contributed by atoms with Crippen LogP contribution in [0, 0.1) is 23.2 Å². The van der Waals surface area contributed by atoms with E-state index in [9.17, 15) is 4.79 Å². The van der Waals surface area contributed by atoms with Gasteiger partial charge in [-0.1, -0.05) is 133 Å². The topological polar surface area (TPSA) is 61.1 Å². The molecule has 7 aromatic carbocycles. The van der Waals surface area contributed by atoms with Crippen molar-refractivity contribution in [3.05, 3.63) is 162 Å². The molecular formula is C44H25NO2. The molecule has 0 radical (unpaired) electrons. The van der Waals surface area contributed by atoms with Gasteiger partial charge in [0.05, 0.1) is 0 Å². The number of carbonyl (C=O) groups is 1. The van der Waals surface area contributed by atoms with E-state index in [-0.39, 0.29) is 5.57 Å². The van der Waals surface area contributed by atoms with Gasteiger partial charge in [-0.3, -0.25) is 0 Å². The van der Waals surface area contributed by atoms with Crippen molar-refractivity contribution in [3.8, 4) is 62.4 Å². The first kappa shape index (κ1) is 27.8. The van der Waals surface area contributed by atoms with Crippen LogP contribution in [0.15, 0.2) is 145 Å². The van der Waals surface area contributed by atoms with Gasteiger partial charge >= 0.3 is 5.97 Å². The van der Waals surface area contributed by atoms with Crippen LogP contribution in [0.5, 0.6) is 0 Å². The molecule has 7 aromatic rings. The van der Waals surface area contributed by atoms with Crippen molar-refractivity contribution in [3.63, 3.8) is 0 Å². The minimum atomic E-state index is -1.24. The van der Waals surface area contributed by atoms with Crippen molar-refractivity contribution in [1.29, 1.82) is 5.26 Å². The van der Waals surface area contributed by atoms with Gasteiger partial charge in [0.15, 0.2) is 0 Å². The van der Waals surface area contributed by atoms with Crippen molar-refractivity contribution in [2.45, 2.75) is 0 Å². The maximum absolute atomic E-state index is 11.2. The van der Waals surface area contributed by atoms with E-state index in [1.54, 1.807) is 18.2 Å². The number of hydrogen-bond donors (Lipinski definition) is 1. The number of hydrogen-bond acceptors (Lipinski definition) is 2. The van der Waals surface area contributed by atoms with Crippen molar-refractivity contribution < 1.29 is 9.90 Å². The zero-order chi connectivity index (χ0) is 31.9. The highest BCUT2D eigenvalue weighted by atomic mass is 16.4. The Kier molecular flexibility index (Phi) is 6.72. The second kappa shape index (κ2) is 11.4. The Morgan fingerprint density at radius 3 is 1.68 bits per heavy atom. The summed E-state index contributed by atoms with van der Waals surface area (Å²) >= 11 is 0. The highest BCUT2D eigenvalue weighted by molar-refractivity contribution is 6.28. The number of aliphatic carboxylic acids is 1. The Balaban J connectivity index is 1.35. The van der Waals surface area contributed by atoms with Crippen LogP contribution in [-0.4, -0.2) is 11.1 Å². The summed E-state index contributed by atoms with van der Waals surface area (Å²) in [6.07, 6.45) is 1.36. The van der Waals surface area contributed by atoms with Crippen LogP contribution in [0.1, 0.15) is 16.7 Å². The van der Waals surface area contributed by atoms with E-state index in [0.29, 0.717) is 5.56 Å². The summed E-state index contributed by atoms with van der Waals surface area (Å²) in [5.41, 5.74) is 11.8. The van der Waals surface area contributed by atoms with Crippen LogP contribution in [0.2, 0.25) is 0 Å². The van der Waals surface area contributed by atoms with Gasteiger partial charge in [-0.2, -0.15) is 5.26 Å².